The standard InChI is InChI=1S/C26H28ClN3O3S/c1-21-6-5-7-22(18-21)19-30(34(32,33)25-12-10-23(27)11-13-25)20-26(31)29-16-14-28(15-17-29)24-8-3-2-4-9-24/h2-13,18H,14-17,19-20H2,1H3. The van der Waals surface area contributed by atoms with E-state index in [9.17, 15) is 13.2 Å². The molecule has 0 aliphatic carbocycles. The number of sulfonamides is 1. The quantitative estimate of drug-likeness (QED) is 0.491. The fourth-order valence-electron chi connectivity index (χ4n) is 4.10. The van der Waals surface area contributed by atoms with Crippen molar-refractivity contribution < 1.29 is 13.2 Å². The van der Waals surface area contributed by atoms with E-state index in [0.29, 0.717) is 31.2 Å². The van der Waals surface area contributed by atoms with Crippen LogP contribution in [0.4, 0.5) is 5.69 Å². The van der Waals surface area contributed by atoms with Crippen LogP contribution in [0.1, 0.15) is 11.1 Å². The van der Waals surface area contributed by atoms with E-state index in [1.165, 1.54) is 16.4 Å². The molecule has 1 aliphatic heterocycles. The predicted molar refractivity (Wildman–Crippen MR) is 135 cm³/mol. The molecule has 1 aliphatic rings. The first-order valence-corrected chi connectivity index (χ1v) is 13.0. The summed E-state index contributed by atoms with van der Waals surface area (Å²) < 4.78 is 28.2. The molecular weight excluding hydrogens is 470 g/mol. The molecule has 0 bridgehead atoms. The van der Waals surface area contributed by atoms with Crippen LogP contribution in [0.2, 0.25) is 5.02 Å². The number of aryl methyl sites for hydroxylation is 1. The molecule has 34 heavy (non-hydrogen) atoms. The van der Waals surface area contributed by atoms with Crippen LogP contribution >= 0.6 is 11.6 Å². The Balaban J connectivity index is 1.51. The van der Waals surface area contributed by atoms with Crippen LogP contribution in [0.25, 0.3) is 0 Å². The molecule has 4 rings (SSSR count). The van der Waals surface area contributed by atoms with Crippen LogP contribution in [0.5, 0.6) is 0 Å². The minimum Gasteiger partial charge on any atom is -0.368 e. The molecule has 0 N–H and O–H groups in total. The number of anilines is 1. The number of hydrogen-bond donors (Lipinski definition) is 0. The van der Waals surface area contributed by atoms with E-state index in [1.54, 1.807) is 17.0 Å². The molecule has 0 spiro atoms. The average Bonchev–Trinajstić information content (AvgIpc) is 2.84. The molecule has 0 radical (unpaired) electrons. The van der Waals surface area contributed by atoms with Gasteiger partial charge in [-0.15, -0.1) is 0 Å². The van der Waals surface area contributed by atoms with E-state index in [-0.39, 0.29) is 23.9 Å². The summed E-state index contributed by atoms with van der Waals surface area (Å²) in [5.74, 6) is -0.196. The highest BCUT2D eigenvalue weighted by molar-refractivity contribution is 7.89. The number of halogens is 1. The first-order chi connectivity index (χ1) is 16.3. The lowest BCUT2D eigenvalue weighted by Gasteiger charge is -2.37. The third-order valence-corrected chi connectivity index (χ3v) is 8.02. The second-order valence-corrected chi connectivity index (χ2v) is 10.8. The SMILES string of the molecule is Cc1cccc(CN(CC(=O)N2CCN(c3ccccc3)CC2)S(=O)(=O)c2ccc(Cl)cc2)c1. The highest BCUT2D eigenvalue weighted by Crippen LogP contribution is 2.22. The lowest BCUT2D eigenvalue weighted by atomic mass is 10.1. The number of amides is 1. The van der Waals surface area contributed by atoms with E-state index in [2.05, 4.69) is 17.0 Å². The number of rotatable bonds is 7. The van der Waals surface area contributed by atoms with Crippen molar-refractivity contribution in [3.8, 4) is 0 Å². The topological polar surface area (TPSA) is 60.9 Å². The normalized spacial score (nSPS) is 14.4. The van der Waals surface area contributed by atoms with Crippen molar-refractivity contribution in [3.63, 3.8) is 0 Å². The van der Waals surface area contributed by atoms with Crippen LogP contribution in [-0.2, 0) is 21.4 Å². The number of para-hydroxylation sites is 1. The Morgan fingerprint density at radius 3 is 2.24 bits per heavy atom. The zero-order chi connectivity index (χ0) is 24.1. The zero-order valence-electron chi connectivity index (χ0n) is 19.1. The first-order valence-electron chi connectivity index (χ1n) is 11.2. The van der Waals surface area contributed by atoms with Gasteiger partial charge in [-0.25, -0.2) is 8.42 Å². The lowest BCUT2D eigenvalue weighted by Crippen LogP contribution is -2.51. The lowest BCUT2D eigenvalue weighted by molar-refractivity contribution is -0.131. The fraction of sp³-hybridized carbons (Fsp3) is 0.269. The van der Waals surface area contributed by atoms with Gasteiger partial charge in [0.2, 0.25) is 15.9 Å². The molecule has 1 amide bonds. The molecule has 0 aromatic heterocycles. The molecule has 1 fully saturated rings. The minimum absolute atomic E-state index is 0.113. The summed E-state index contributed by atoms with van der Waals surface area (Å²) in [4.78, 5) is 17.3. The maximum atomic E-state index is 13.5. The van der Waals surface area contributed by atoms with Gasteiger partial charge in [0, 0.05) is 43.4 Å². The van der Waals surface area contributed by atoms with Gasteiger partial charge in [-0.1, -0.05) is 59.6 Å². The molecule has 8 heteroatoms. The molecule has 1 saturated heterocycles. The van der Waals surface area contributed by atoms with Crippen LogP contribution in [-0.4, -0.2) is 56.3 Å². The van der Waals surface area contributed by atoms with Gasteiger partial charge in [-0.05, 0) is 48.9 Å². The van der Waals surface area contributed by atoms with Crippen molar-refractivity contribution in [1.29, 1.82) is 0 Å². The van der Waals surface area contributed by atoms with Crippen LogP contribution in [0.3, 0.4) is 0 Å². The molecule has 1 heterocycles. The van der Waals surface area contributed by atoms with Gasteiger partial charge < -0.3 is 9.80 Å². The summed E-state index contributed by atoms with van der Waals surface area (Å²) in [7, 11) is -3.90. The third kappa shape index (κ3) is 5.78. The molecule has 0 atom stereocenters. The Morgan fingerprint density at radius 2 is 1.59 bits per heavy atom. The summed E-state index contributed by atoms with van der Waals surface area (Å²) in [6.07, 6.45) is 0. The number of carbonyl (C=O) groups excluding carboxylic acids is 1. The van der Waals surface area contributed by atoms with Gasteiger partial charge >= 0.3 is 0 Å². The van der Waals surface area contributed by atoms with Gasteiger partial charge in [-0.3, -0.25) is 4.79 Å². The highest BCUT2D eigenvalue weighted by Gasteiger charge is 2.30. The van der Waals surface area contributed by atoms with Gasteiger partial charge in [-0.2, -0.15) is 4.31 Å². The Morgan fingerprint density at radius 1 is 0.912 bits per heavy atom. The Hall–Kier alpha value is -2.87. The molecule has 0 unspecified atom stereocenters. The molecule has 3 aromatic rings. The Labute approximate surface area is 206 Å². The van der Waals surface area contributed by atoms with Gasteiger partial charge in [0.25, 0.3) is 0 Å². The van der Waals surface area contributed by atoms with E-state index in [4.69, 9.17) is 11.6 Å². The van der Waals surface area contributed by atoms with Crippen molar-refractivity contribution in [2.45, 2.75) is 18.4 Å². The van der Waals surface area contributed by atoms with Crippen molar-refractivity contribution in [3.05, 3.63) is 95.0 Å². The number of benzene rings is 3. The zero-order valence-corrected chi connectivity index (χ0v) is 20.7. The average molecular weight is 498 g/mol. The largest absolute Gasteiger partial charge is 0.368 e. The van der Waals surface area contributed by atoms with Gasteiger partial charge in [0.05, 0.1) is 11.4 Å². The van der Waals surface area contributed by atoms with Crippen molar-refractivity contribution in [1.82, 2.24) is 9.21 Å². The second-order valence-electron chi connectivity index (χ2n) is 8.42. The van der Waals surface area contributed by atoms with Crippen LogP contribution in [0, 0.1) is 6.92 Å². The number of nitrogens with zero attached hydrogens (tertiary/aromatic N) is 3. The Kier molecular flexibility index (Phi) is 7.56. The van der Waals surface area contributed by atoms with E-state index in [1.807, 2.05) is 49.4 Å². The molecular formula is C26H28ClN3O3S. The maximum Gasteiger partial charge on any atom is 0.243 e. The minimum atomic E-state index is -3.90. The summed E-state index contributed by atoms with van der Waals surface area (Å²) >= 11 is 5.96. The van der Waals surface area contributed by atoms with Gasteiger partial charge in [0.1, 0.15) is 0 Å². The van der Waals surface area contributed by atoms with Crippen molar-refractivity contribution in [2.75, 3.05) is 37.6 Å². The molecule has 178 valence electrons. The second kappa shape index (κ2) is 10.6. The van der Waals surface area contributed by atoms with E-state index in [0.717, 1.165) is 16.8 Å². The van der Waals surface area contributed by atoms with Crippen LogP contribution < -0.4 is 4.90 Å². The summed E-state index contributed by atoms with van der Waals surface area (Å²) in [6.45, 7) is 4.36. The summed E-state index contributed by atoms with van der Waals surface area (Å²) in [6, 6.07) is 23.8. The smallest absolute Gasteiger partial charge is 0.243 e. The van der Waals surface area contributed by atoms with Crippen molar-refractivity contribution >= 4 is 33.2 Å². The van der Waals surface area contributed by atoms with Crippen molar-refractivity contribution in [2.24, 2.45) is 0 Å². The maximum absolute atomic E-state index is 13.5. The first kappa shape index (κ1) is 24.3. The van der Waals surface area contributed by atoms with E-state index < -0.39 is 10.0 Å². The highest BCUT2D eigenvalue weighted by atomic mass is 35.5. The molecule has 6 nitrogen and oxygen atoms in total. The Bertz CT molecular complexity index is 1230. The van der Waals surface area contributed by atoms with E-state index >= 15 is 0 Å². The number of hydrogen-bond acceptors (Lipinski definition) is 4. The molecule has 0 saturated carbocycles. The van der Waals surface area contributed by atoms with Gasteiger partial charge in [0.15, 0.2) is 0 Å². The fourth-order valence-corrected chi connectivity index (χ4v) is 5.60. The summed E-state index contributed by atoms with van der Waals surface area (Å²) in [5, 5.41) is 0.455. The third-order valence-electron chi connectivity index (χ3n) is 5.96. The number of piperazine rings is 1. The van der Waals surface area contributed by atoms with Crippen LogP contribution in [0.15, 0.2) is 83.8 Å². The molecule has 3 aromatic carbocycles. The summed E-state index contributed by atoms with van der Waals surface area (Å²) in [5.41, 5.74) is 2.99. The monoisotopic (exact) mass is 497 g/mol. The predicted octanol–water partition coefficient (Wildman–Crippen LogP) is 4.19. The number of carbonyl (C=O) groups is 1.